The van der Waals surface area contributed by atoms with E-state index in [4.69, 9.17) is 23.7 Å². The van der Waals surface area contributed by atoms with Crippen LogP contribution in [0.1, 0.15) is 34.1 Å². The van der Waals surface area contributed by atoms with E-state index < -0.39 is 6.04 Å². The third-order valence-corrected chi connectivity index (χ3v) is 7.20. The summed E-state index contributed by atoms with van der Waals surface area (Å²) in [5.41, 5.74) is 2.15. The van der Waals surface area contributed by atoms with Gasteiger partial charge in [-0.05, 0) is 66.2 Å². The van der Waals surface area contributed by atoms with Gasteiger partial charge in [0.05, 0.1) is 39.4 Å². The number of hydrogen-bond acceptors (Lipinski definition) is 8. The minimum atomic E-state index is -0.406. The van der Waals surface area contributed by atoms with Crippen LogP contribution in [0, 0.1) is 0 Å². The third kappa shape index (κ3) is 6.35. The van der Waals surface area contributed by atoms with E-state index in [9.17, 15) is 9.59 Å². The molecule has 10 nitrogen and oxygen atoms in total. The summed E-state index contributed by atoms with van der Waals surface area (Å²) in [6, 6.07) is 17.7. The molecule has 1 saturated heterocycles. The molecule has 10 heteroatoms. The van der Waals surface area contributed by atoms with Crippen molar-refractivity contribution in [1.29, 1.82) is 0 Å². The molecule has 210 valence electrons. The molecule has 1 fully saturated rings. The Morgan fingerprint density at radius 2 is 1.65 bits per heavy atom. The maximum atomic E-state index is 13.8. The van der Waals surface area contributed by atoms with Gasteiger partial charge in [-0.3, -0.25) is 14.5 Å². The van der Waals surface area contributed by atoms with Gasteiger partial charge in [0.1, 0.15) is 29.8 Å². The van der Waals surface area contributed by atoms with E-state index in [0.29, 0.717) is 49.8 Å². The second-order valence-electron chi connectivity index (χ2n) is 9.66. The smallest absolute Gasteiger partial charge is 0.262 e. The van der Waals surface area contributed by atoms with Crippen LogP contribution in [0.15, 0.2) is 76.4 Å². The molecule has 0 aliphatic carbocycles. The number of rotatable bonds is 10. The molecule has 2 aromatic carbocycles. The zero-order valence-electron chi connectivity index (χ0n) is 22.8. The molecule has 2 aliphatic rings. The number of nitrogens with zero attached hydrogens (tertiary/aromatic N) is 4. The normalized spacial score (nSPS) is 17.4. The Balaban J connectivity index is 1.38. The zero-order valence-corrected chi connectivity index (χ0v) is 22.8. The van der Waals surface area contributed by atoms with Gasteiger partial charge in [0.15, 0.2) is 0 Å². The lowest BCUT2D eigenvalue weighted by Crippen LogP contribution is -2.46. The van der Waals surface area contributed by atoms with Gasteiger partial charge in [-0.2, -0.15) is 5.10 Å². The Hall–Kier alpha value is -4.15. The maximum Gasteiger partial charge on any atom is 0.262 e. The van der Waals surface area contributed by atoms with Crippen molar-refractivity contribution in [2.24, 2.45) is 5.10 Å². The van der Waals surface area contributed by atoms with Crippen molar-refractivity contribution in [3.63, 3.8) is 0 Å². The van der Waals surface area contributed by atoms with Crippen LogP contribution in [-0.4, -0.2) is 92.5 Å². The quantitative estimate of drug-likeness (QED) is 0.384. The lowest BCUT2D eigenvalue weighted by atomic mass is 10.0. The molecule has 0 bridgehead atoms. The Bertz CT molecular complexity index is 1300. The van der Waals surface area contributed by atoms with Crippen molar-refractivity contribution >= 4 is 17.5 Å². The van der Waals surface area contributed by atoms with Crippen molar-refractivity contribution in [3.8, 4) is 11.5 Å². The molecule has 2 aliphatic heterocycles. The summed E-state index contributed by atoms with van der Waals surface area (Å²) in [6.07, 6.45) is 2.08. The zero-order chi connectivity index (χ0) is 27.9. The van der Waals surface area contributed by atoms with E-state index in [0.717, 1.165) is 30.1 Å². The molecular formula is C30H34N4O6. The molecule has 5 rings (SSSR count). The average Bonchev–Trinajstić information content (AvgIpc) is 3.70. The highest BCUT2D eigenvalue weighted by molar-refractivity contribution is 6.03. The summed E-state index contributed by atoms with van der Waals surface area (Å²) >= 11 is 0. The van der Waals surface area contributed by atoms with Gasteiger partial charge in [-0.1, -0.05) is 0 Å². The molecule has 3 aromatic rings. The van der Waals surface area contributed by atoms with Crippen LogP contribution in [0.2, 0.25) is 0 Å². The molecule has 0 saturated carbocycles. The van der Waals surface area contributed by atoms with Gasteiger partial charge >= 0.3 is 0 Å². The first-order chi connectivity index (χ1) is 19.6. The molecule has 0 N–H and O–H groups in total. The molecule has 2 amide bonds. The van der Waals surface area contributed by atoms with Crippen molar-refractivity contribution < 1.29 is 28.2 Å². The maximum absolute atomic E-state index is 13.8. The predicted octanol–water partition coefficient (Wildman–Crippen LogP) is 3.45. The number of carbonyl (C=O) groups excluding carboxylic acids is 2. The van der Waals surface area contributed by atoms with Gasteiger partial charge in [0.2, 0.25) is 0 Å². The number of methoxy groups -OCH3 is 2. The Morgan fingerprint density at radius 3 is 2.27 bits per heavy atom. The number of carbonyl (C=O) groups is 2. The standard InChI is InChI=1S/C30H34N4O6/c1-37-24-9-5-22(6-10-24)26-20-27(28-4-3-17-40-28)34(31-26)29(35)21-33(14-13-32-15-18-39-19-16-32)30(36)23-7-11-25(38-2)12-8-23/h3-12,17,27H,13-16,18-21H2,1-2H3. The number of morpholine rings is 1. The van der Waals surface area contributed by atoms with Gasteiger partial charge in [0, 0.05) is 38.2 Å². The van der Waals surface area contributed by atoms with Crippen LogP contribution >= 0.6 is 0 Å². The van der Waals surface area contributed by atoms with Crippen LogP contribution in [0.25, 0.3) is 0 Å². The summed E-state index contributed by atoms with van der Waals surface area (Å²) in [5, 5.41) is 6.19. The van der Waals surface area contributed by atoms with E-state index in [1.807, 2.05) is 30.3 Å². The topological polar surface area (TPSA) is 97.1 Å². The first-order valence-corrected chi connectivity index (χ1v) is 13.4. The highest BCUT2D eigenvalue weighted by Gasteiger charge is 2.36. The summed E-state index contributed by atoms with van der Waals surface area (Å²) in [5.74, 6) is 1.53. The van der Waals surface area contributed by atoms with Gasteiger partial charge in [-0.15, -0.1) is 0 Å². The number of amides is 2. The Morgan fingerprint density at radius 1 is 0.975 bits per heavy atom. The first-order valence-electron chi connectivity index (χ1n) is 13.4. The van der Waals surface area contributed by atoms with Gasteiger partial charge in [-0.25, -0.2) is 5.01 Å². The van der Waals surface area contributed by atoms with E-state index in [-0.39, 0.29) is 18.4 Å². The highest BCUT2D eigenvalue weighted by Crippen LogP contribution is 2.33. The fraction of sp³-hybridized carbons (Fsp3) is 0.367. The second-order valence-corrected chi connectivity index (χ2v) is 9.66. The van der Waals surface area contributed by atoms with Gasteiger partial charge < -0.3 is 23.5 Å². The van der Waals surface area contributed by atoms with Crippen molar-refractivity contribution in [2.75, 3.05) is 60.2 Å². The molecule has 1 atom stereocenters. The number of furan rings is 1. The SMILES string of the molecule is COc1ccc(C(=O)N(CCN2CCOCC2)CC(=O)N2N=C(c3ccc(OC)cc3)CC2c2ccco2)cc1. The van der Waals surface area contributed by atoms with Crippen LogP contribution in [0.4, 0.5) is 0 Å². The first kappa shape index (κ1) is 27.4. The van der Waals surface area contributed by atoms with E-state index >= 15 is 0 Å². The molecule has 1 unspecified atom stereocenters. The molecule has 0 spiro atoms. The monoisotopic (exact) mass is 546 g/mol. The number of benzene rings is 2. The minimum Gasteiger partial charge on any atom is -0.497 e. The molecule has 0 radical (unpaired) electrons. The van der Waals surface area contributed by atoms with E-state index in [1.165, 1.54) is 5.01 Å². The largest absolute Gasteiger partial charge is 0.497 e. The fourth-order valence-electron chi connectivity index (χ4n) is 4.89. The van der Waals surface area contributed by atoms with Crippen molar-refractivity contribution in [1.82, 2.24) is 14.8 Å². The third-order valence-electron chi connectivity index (χ3n) is 7.20. The van der Waals surface area contributed by atoms with Crippen molar-refractivity contribution in [2.45, 2.75) is 12.5 Å². The van der Waals surface area contributed by atoms with E-state index in [2.05, 4.69) is 4.90 Å². The van der Waals surface area contributed by atoms with E-state index in [1.54, 1.807) is 55.7 Å². The average molecular weight is 547 g/mol. The van der Waals surface area contributed by atoms with Crippen LogP contribution < -0.4 is 9.47 Å². The summed E-state index contributed by atoms with van der Waals surface area (Å²) in [4.78, 5) is 31.3. The Labute approximate surface area is 233 Å². The lowest BCUT2D eigenvalue weighted by molar-refractivity contribution is -0.134. The molecule has 40 heavy (non-hydrogen) atoms. The molecular weight excluding hydrogens is 512 g/mol. The van der Waals surface area contributed by atoms with Crippen molar-refractivity contribution in [3.05, 3.63) is 83.8 Å². The Kier molecular flexibility index (Phi) is 8.78. The minimum absolute atomic E-state index is 0.119. The number of hydrazone groups is 1. The number of hydrogen-bond donors (Lipinski definition) is 0. The molecule has 3 heterocycles. The van der Waals surface area contributed by atoms with Crippen LogP contribution in [-0.2, 0) is 9.53 Å². The highest BCUT2D eigenvalue weighted by atomic mass is 16.5. The molecule has 1 aromatic heterocycles. The number of ether oxygens (including phenoxy) is 3. The summed E-state index contributed by atoms with van der Waals surface area (Å²) in [6.45, 7) is 3.82. The predicted molar refractivity (Wildman–Crippen MR) is 149 cm³/mol. The fourth-order valence-corrected chi connectivity index (χ4v) is 4.89. The van der Waals surface area contributed by atoms with Crippen LogP contribution in [0.3, 0.4) is 0 Å². The summed E-state index contributed by atoms with van der Waals surface area (Å²) in [7, 11) is 3.20. The van der Waals surface area contributed by atoms with Gasteiger partial charge in [0.25, 0.3) is 11.8 Å². The summed E-state index contributed by atoms with van der Waals surface area (Å²) < 4.78 is 21.7. The second kappa shape index (κ2) is 12.8. The van der Waals surface area contributed by atoms with Crippen LogP contribution in [0.5, 0.6) is 11.5 Å². The lowest BCUT2D eigenvalue weighted by Gasteiger charge is -2.31.